The molecule has 0 aliphatic rings. The van der Waals surface area contributed by atoms with E-state index in [4.69, 9.17) is 4.74 Å². The molecule has 0 saturated carbocycles. The van der Waals surface area contributed by atoms with E-state index in [0.29, 0.717) is 12.1 Å². The highest BCUT2D eigenvalue weighted by Gasteiger charge is 2.12. The number of ether oxygens (including phenoxy) is 1. The molecule has 0 aliphatic carbocycles. The van der Waals surface area contributed by atoms with Crippen LogP contribution in [0, 0.1) is 0 Å². The van der Waals surface area contributed by atoms with Crippen LogP contribution in [0.5, 0.6) is 23.0 Å². The largest absolute Gasteiger partial charge is 0.504 e. The number of benzene rings is 2. The predicted molar refractivity (Wildman–Crippen MR) is 79.7 cm³/mol. The van der Waals surface area contributed by atoms with Gasteiger partial charge in [-0.15, -0.1) is 0 Å². The summed E-state index contributed by atoms with van der Waals surface area (Å²) in [7, 11) is 1.62. The lowest BCUT2D eigenvalue weighted by Gasteiger charge is -2.16. The molecule has 0 aromatic heterocycles. The minimum Gasteiger partial charge on any atom is -0.504 e. The summed E-state index contributed by atoms with van der Waals surface area (Å²) < 4.78 is 5.19. The zero-order valence-electron chi connectivity index (χ0n) is 12.0. The van der Waals surface area contributed by atoms with Crippen LogP contribution in [0.15, 0.2) is 36.4 Å². The first kappa shape index (κ1) is 15.0. The fourth-order valence-corrected chi connectivity index (χ4v) is 2.05. The molecular weight excluding hydrogens is 270 g/mol. The van der Waals surface area contributed by atoms with Gasteiger partial charge < -0.3 is 25.4 Å². The third kappa shape index (κ3) is 3.38. The Morgan fingerprint density at radius 1 is 1.10 bits per heavy atom. The Balaban J connectivity index is 2.07. The van der Waals surface area contributed by atoms with E-state index in [1.807, 2.05) is 31.2 Å². The molecule has 1 unspecified atom stereocenters. The van der Waals surface area contributed by atoms with Crippen molar-refractivity contribution in [3.8, 4) is 23.0 Å². The Morgan fingerprint density at radius 2 is 1.86 bits per heavy atom. The first-order valence-corrected chi connectivity index (χ1v) is 6.63. The molecule has 4 N–H and O–H groups in total. The molecule has 0 heterocycles. The van der Waals surface area contributed by atoms with Crippen molar-refractivity contribution in [2.24, 2.45) is 0 Å². The fraction of sp³-hybridized carbons (Fsp3) is 0.250. The van der Waals surface area contributed by atoms with Gasteiger partial charge in [0, 0.05) is 18.2 Å². The number of nitrogens with one attached hydrogen (secondary N) is 1. The van der Waals surface area contributed by atoms with Crippen LogP contribution in [0.2, 0.25) is 0 Å². The summed E-state index contributed by atoms with van der Waals surface area (Å²) in [5.74, 6) is -0.355. The maximum atomic E-state index is 9.77. The zero-order valence-corrected chi connectivity index (χ0v) is 12.0. The summed E-state index contributed by atoms with van der Waals surface area (Å²) >= 11 is 0. The molecule has 0 aliphatic heterocycles. The van der Waals surface area contributed by atoms with E-state index in [1.165, 1.54) is 6.07 Å². The zero-order chi connectivity index (χ0) is 15.4. The van der Waals surface area contributed by atoms with Gasteiger partial charge in [-0.3, -0.25) is 0 Å². The first-order chi connectivity index (χ1) is 10.0. The van der Waals surface area contributed by atoms with Gasteiger partial charge in [-0.05, 0) is 30.7 Å². The summed E-state index contributed by atoms with van der Waals surface area (Å²) in [6, 6.07) is 10.7. The van der Waals surface area contributed by atoms with Crippen molar-refractivity contribution in [1.82, 2.24) is 5.32 Å². The highest BCUT2D eigenvalue weighted by atomic mass is 16.5. The minimum absolute atomic E-state index is 0.0374. The van der Waals surface area contributed by atoms with E-state index in [1.54, 1.807) is 13.2 Å². The van der Waals surface area contributed by atoms with Crippen LogP contribution in [0.25, 0.3) is 0 Å². The van der Waals surface area contributed by atoms with Gasteiger partial charge in [0.1, 0.15) is 5.75 Å². The van der Waals surface area contributed by atoms with Crippen molar-refractivity contribution < 1.29 is 20.1 Å². The van der Waals surface area contributed by atoms with E-state index in [9.17, 15) is 15.3 Å². The van der Waals surface area contributed by atoms with Gasteiger partial charge in [-0.2, -0.15) is 0 Å². The Labute approximate surface area is 123 Å². The van der Waals surface area contributed by atoms with Crippen LogP contribution in [0.4, 0.5) is 0 Å². The van der Waals surface area contributed by atoms with E-state index in [2.05, 4.69) is 5.32 Å². The van der Waals surface area contributed by atoms with Gasteiger partial charge in [0.15, 0.2) is 11.5 Å². The van der Waals surface area contributed by atoms with Crippen LogP contribution in [-0.4, -0.2) is 22.4 Å². The third-order valence-corrected chi connectivity index (χ3v) is 3.41. The fourth-order valence-electron chi connectivity index (χ4n) is 2.05. The Kier molecular flexibility index (Phi) is 4.55. The smallest absolute Gasteiger partial charge is 0.200 e. The number of phenolic OH excluding ortho intramolecular Hbond substituents is 3. The maximum Gasteiger partial charge on any atom is 0.200 e. The summed E-state index contributed by atoms with van der Waals surface area (Å²) in [6.45, 7) is 2.35. The van der Waals surface area contributed by atoms with Gasteiger partial charge in [0.05, 0.1) is 7.11 Å². The average molecular weight is 289 g/mol. The molecule has 0 saturated heterocycles. The van der Waals surface area contributed by atoms with Crippen LogP contribution in [-0.2, 0) is 6.54 Å². The molecule has 0 radical (unpaired) electrons. The number of hydrogen-bond acceptors (Lipinski definition) is 5. The number of rotatable bonds is 5. The summed E-state index contributed by atoms with van der Waals surface area (Å²) in [6.07, 6.45) is 0. The molecule has 0 fully saturated rings. The lowest BCUT2D eigenvalue weighted by atomic mass is 10.1. The second-order valence-electron chi connectivity index (χ2n) is 4.82. The molecular formula is C16H19NO4. The second-order valence-corrected chi connectivity index (χ2v) is 4.82. The van der Waals surface area contributed by atoms with Crippen molar-refractivity contribution in [3.63, 3.8) is 0 Å². The predicted octanol–water partition coefficient (Wildman–Crippen LogP) is 2.66. The molecule has 112 valence electrons. The number of hydrogen-bond donors (Lipinski definition) is 4. The molecule has 2 rings (SSSR count). The molecule has 0 amide bonds. The van der Waals surface area contributed by atoms with Crippen molar-refractivity contribution in [3.05, 3.63) is 47.5 Å². The summed E-state index contributed by atoms with van der Waals surface area (Å²) in [5.41, 5.74) is 1.57. The minimum atomic E-state index is -0.497. The Bertz CT molecular complexity index is 628. The first-order valence-electron chi connectivity index (χ1n) is 6.63. The highest BCUT2D eigenvalue weighted by molar-refractivity contribution is 5.53. The summed E-state index contributed by atoms with van der Waals surface area (Å²) in [4.78, 5) is 0. The SMILES string of the molecule is COc1cccc(C(C)NCc2ccc(O)c(O)c2O)c1. The van der Waals surface area contributed by atoms with Gasteiger partial charge in [-0.1, -0.05) is 18.2 Å². The number of aromatic hydroxyl groups is 3. The second kappa shape index (κ2) is 6.37. The van der Waals surface area contributed by atoms with Crippen LogP contribution in [0.3, 0.4) is 0 Å². The van der Waals surface area contributed by atoms with Gasteiger partial charge in [0.2, 0.25) is 5.75 Å². The highest BCUT2D eigenvalue weighted by Crippen LogP contribution is 2.37. The molecule has 0 bridgehead atoms. The summed E-state index contributed by atoms with van der Waals surface area (Å²) in [5, 5.41) is 31.8. The lowest BCUT2D eigenvalue weighted by Crippen LogP contribution is -2.18. The van der Waals surface area contributed by atoms with E-state index in [0.717, 1.165) is 11.3 Å². The van der Waals surface area contributed by atoms with E-state index in [-0.39, 0.29) is 17.5 Å². The molecule has 5 nitrogen and oxygen atoms in total. The molecule has 21 heavy (non-hydrogen) atoms. The van der Waals surface area contributed by atoms with Crippen molar-refractivity contribution in [2.45, 2.75) is 19.5 Å². The maximum absolute atomic E-state index is 9.77. The van der Waals surface area contributed by atoms with Crippen molar-refractivity contribution in [1.29, 1.82) is 0 Å². The van der Waals surface area contributed by atoms with Crippen LogP contribution < -0.4 is 10.1 Å². The topological polar surface area (TPSA) is 82.0 Å². The Hall–Kier alpha value is -2.40. The van der Waals surface area contributed by atoms with Crippen LogP contribution in [0.1, 0.15) is 24.1 Å². The monoisotopic (exact) mass is 289 g/mol. The molecule has 0 spiro atoms. The quantitative estimate of drug-likeness (QED) is 0.636. The van der Waals surface area contributed by atoms with Gasteiger partial charge in [-0.25, -0.2) is 0 Å². The number of methoxy groups -OCH3 is 1. The van der Waals surface area contributed by atoms with E-state index >= 15 is 0 Å². The average Bonchev–Trinajstić information content (AvgIpc) is 2.51. The third-order valence-electron chi connectivity index (χ3n) is 3.41. The lowest BCUT2D eigenvalue weighted by molar-refractivity contribution is 0.363. The standard InChI is InChI=1S/C16H19NO4/c1-10(11-4-3-5-13(8-11)21-2)17-9-12-6-7-14(18)16(20)15(12)19/h3-8,10,17-20H,9H2,1-2H3. The molecule has 5 heteroatoms. The normalized spacial score (nSPS) is 12.1. The Morgan fingerprint density at radius 3 is 2.57 bits per heavy atom. The van der Waals surface area contributed by atoms with Gasteiger partial charge >= 0.3 is 0 Å². The van der Waals surface area contributed by atoms with E-state index < -0.39 is 5.75 Å². The molecule has 2 aromatic carbocycles. The number of phenols is 3. The van der Waals surface area contributed by atoms with Crippen molar-refractivity contribution in [2.75, 3.05) is 7.11 Å². The van der Waals surface area contributed by atoms with Crippen LogP contribution >= 0.6 is 0 Å². The van der Waals surface area contributed by atoms with Gasteiger partial charge in [0.25, 0.3) is 0 Å². The van der Waals surface area contributed by atoms with Crippen molar-refractivity contribution >= 4 is 0 Å². The molecule has 2 aromatic rings. The molecule has 1 atom stereocenters.